The molecule has 2 aliphatic rings. The lowest BCUT2D eigenvalue weighted by Gasteiger charge is -2.34. The number of halogens is 3. The molecule has 0 bridgehead atoms. The lowest BCUT2D eigenvalue weighted by molar-refractivity contribution is 0.511. The maximum atomic E-state index is 14.6. The Balaban J connectivity index is 2.07. The van der Waals surface area contributed by atoms with Crippen molar-refractivity contribution in [1.29, 1.82) is 0 Å². The van der Waals surface area contributed by atoms with Crippen LogP contribution in [0.15, 0.2) is 10.5 Å². The highest BCUT2D eigenvalue weighted by atomic mass is 79.9. The Labute approximate surface area is 128 Å². The van der Waals surface area contributed by atoms with Crippen molar-refractivity contribution in [3.05, 3.63) is 33.8 Å². The summed E-state index contributed by atoms with van der Waals surface area (Å²) >= 11 is 2.97. The van der Waals surface area contributed by atoms with Crippen LogP contribution in [0.25, 0.3) is 5.69 Å². The van der Waals surface area contributed by atoms with Crippen molar-refractivity contribution >= 4 is 21.6 Å². The number of hydrogen-bond donors (Lipinski definition) is 1. The van der Waals surface area contributed by atoms with Gasteiger partial charge in [-0.25, -0.2) is 8.78 Å². The van der Waals surface area contributed by atoms with Crippen molar-refractivity contribution < 1.29 is 8.78 Å². The molecule has 0 radical (unpaired) electrons. The summed E-state index contributed by atoms with van der Waals surface area (Å²) in [6.07, 6.45) is 2.07. The monoisotopic (exact) mass is 354 g/mol. The third-order valence-corrected chi connectivity index (χ3v) is 4.72. The Kier molecular flexibility index (Phi) is 2.53. The SMILES string of the molecule is CC1(C)Nc2cc(F)c(Br)c(F)c2-n2c(C3CC3)nnc21. The van der Waals surface area contributed by atoms with Crippen LogP contribution in [0.3, 0.4) is 0 Å². The van der Waals surface area contributed by atoms with E-state index in [4.69, 9.17) is 0 Å². The van der Waals surface area contributed by atoms with Gasteiger partial charge in [-0.15, -0.1) is 10.2 Å². The molecule has 1 aliphatic heterocycles. The molecule has 4 nitrogen and oxygen atoms in total. The average Bonchev–Trinajstić information content (AvgIpc) is 3.15. The molecule has 0 spiro atoms. The van der Waals surface area contributed by atoms with E-state index in [0.29, 0.717) is 23.1 Å². The van der Waals surface area contributed by atoms with Gasteiger partial charge in [0.25, 0.3) is 0 Å². The second kappa shape index (κ2) is 4.03. The first-order valence-electron chi connectivity index (χ1n) is 6.82. The van der Waals surface area contributed by atoms with E-state index in [2.05, 4.69) is 31.4 Å². The van der Waals surface area contributed by atoms with Gasteiger partial charge < -0.3 is 5.32 Å². The molecule has 2 heterocycles. The Hall–Kier alpha value is -1.50. The molecule has 1 N–H and O–H groups in total. The molecular weight excluding hydrogens is 342 g/mol. The third kappa shape index (κ3) is 1.76. The molecule has 0 saturated heterocycles. The van der Waals surface area contributed by atoms with Crippen LogP contribution in [-0.4, -0.2) is 14.8 Å². The van der Waals surface area contributed by atoms with Gasteiger partial charge in [-0.3, -0.25) is 4.57 Å². The Morgan fingerprint density at radius 2 is 2.05 bits per heavy atom. The summed E-state index contributed by atoms with van der Waals surface area (Å²) in [5.74, 6) is 0.471. The van der Waals surface area contributed by atoms with Gasteiger partial charge in [0, 0.05) is 12.0 Å². The van der Waals surface area contributed by atoms with Crippen LogP contribution < -0.4 is 5.32 Å². The van der Waals surface area contributed by atoms with Crippen LogP contribution in [0.4, 0.5) is 14.5 Å². The summed E-state index contributed by atoms with van der Waals surface area (Å²) < 4.78 is 30.0. The van der Waals surface area contributed by atoms with Crippen molar-refractivity contribution in [3.63, 3.8) is 0 Å². The van der Waals surface area contributed by atoms with E-state index in [-0.39, 0.29) is 4.47 Å². The first kappa shape index (κ1) is 13.2. The van der Waals surface area contributed by atoms with E-state index in [0.717, 1.165) is 18.7 Å². The molecule has 21 heavy (non-hydrogen) atoms. The van der Waals surface area contributed by atoms with Crippen LogP contribution in [0.5, 0.6) is 0 Å². The molecular formula is C14H13BrF2N4. The van der Waals surface area contributed by atoms with Gasteiger partial charge >= 0.3 is 0 Å². The predicted octanol–water partition coefficient (Wildman–Crippen LogP) is 3.85. The zero-order chi connectivity index (χ0) is 14.9. The molecule has 7 heteroatoms. The van der Waals surface area contributed by atoms with E-state index >= 15 is 0 Å². The number of fused-ring (bicyclic) bond motifs is 3. The lowest BCUT2D eigenvalue weighted by atomic mass is 9.99. The fraction of sp³-hybridized carbons (Fsp3) is 0.429. The smallest absolute Gasteiger partial charge is 0.166 e. The summed E-state index contributed by atoms with van der Waals surface area (Å²) in [6, 6.07) is 1.31. The van der Waals surface area contributed by atoms with Crippen molar-refractivity contribution in [1.82, 2.24) is 14.8 Å². The number of nitrogens with zero attached hydrogens (tertiary/aromatic N) is 3. The van der Waals surface area contributed by atoms with E-state index in [1.165, 1.54) is 6.07 Å². The zero-order valence-electron chi connectivity index (χ0n) is 11.5. The fourth-order valence-corrected chi connectivity index (χ4v) is 3.12. The molecule has 1 aromatic heterocycles. The van der Waals surface area contributed by atoms with Crippen LogP contribution in [-0.2, 0) is 5.54 Å². The largest absolute Gasteiger partial charge is 0.371 e. The van der Waals surface area contributed by atoms with Crippen LogP contribution in [0.2, 0.25) is 0 Å². The van der Waals surface area contributed by atoms with Crippen LogP contribution >= 0.6 is 15.9 Å². The second-order valence-electron chi connectivity index (χ2n) is 6.12. The van der Waals surface area contributed by atoms with Gasteiger partial charge in [0.15, 0.2) is 11.6 Å². The summed E-state index contributed by atoms with van der Waals surface area (Å²) in [4.78, 5) is 0. The minimum absolute atomic E-state index is 0.163. The minimum Gasteiger partial charge on any atom is -0.371 e. The van der Waals surface area contributed by atoms with Gasteiger partial charge in [-0.1, -0.05) is 0 Å². The molecule has 1 fully saturated rings. The fourth-order valence-electron chi connectivity index (χ4n) is 2.82. The molecule has 110 valence electrons. The highest BCUT2D eigenvalue weighted by Gasteiger charge is 2.40. The maximum absolute atomic E-state index is 14.6. The molecule has 2 aromatic rings. The summed E-state index contributed by atoms with van der Waals surface area (Å²) in [5, 5.41) is 11.6. The van der Waals surface area contributed by atoms with Crippen molar-refractivity contribution in [2.24, 2.45) is 0 Å². The molecule has 0 amide bonds. The van der Waals surface area contributed by atoms with E-state index in [1.54, 1.807) is 4.57 Å². The Bertz CT molecular complexity index is 765. The van der Waals surface area contributed by atoms with Crippen molar-refractivity contribution in [2.45, 2.75) is 38.1 Å². The van der Waals surface area contributed by atoms with Crippen molar-refractivity contribution in [3.8, 4) is 5.69 Å². The summed E-state index contributed by atoms with van der Waals surface area (Å²) in [5.41, 5.74) is 0.178. The molecule has 1 aromatic carbocycles. The zero-order valence-corrected chi connectivity index (χ0v) is 13.1. The average molecular weight is 355 g/mol. The molecule has 1 aliphatic carbocycles. The summed E-state index contributed by atoms with van der Waals surface area (Å²) in [6.45, 7) is 3.84. The number of rotatable bonds is 1. The highest BCUT2D eigenvalue weighted by Crippen LogP contribution is 2.46. The number of aromatic nitrogens is 3. The molecule has 0 atom stereocenters. The van der Waals surface area contributed by atoms with Crippen LogP contribution in [0, 0.1) is 11.6 Å². The molecule has 0 unspecified atom stereocenters. The Morgan fingerprint density at radius 1 is 1.33 bits per heavy atom. The van der Waals surface area contributed by atoms with E-state index in [1.807, 2.05) is 13.8 Å². The van der Waals surface area contributed by atoms with Gasteiger partial charge in [-0.2, -0.15) is 0 Å². The summed E-state index contributed by atoms with van der Waals surface area (Å²) in [7, 11) is 0. The number of hydrogen-bond acceptors (Lipinski definition) is 3. The van der Waals surface area contributed by atoms with Gasteiger partial charge in [0.1, 0.15) is 17.3 Å². The third-order valence-electron chi connectivity index (χ3n) is 4.00. The van der Waals surface area contributed by atoms with Gasteiger partial charge in [-0.05, 0) is 42.6 Å². The van der Waals surface area contributed by atoms with Gasteiger partial charge in [0.05, 0.1) is 15.7 Å². The quantitative estimate of drug-likeness (QED) is 0.791. The topological polar surface area (TPSA) is 42.7 Å². The predicted molar refractivity (Wildman–Crippen MR) is 77.6 cm³/mol. The van der Waals surface area contributed by atoms with Crippen molar-refractivity contribution in [2.75, 3.05) is 5.32 Å². The maximum Gasteiger partial charge on any atom is 0.166 e. The van der Waals surface area contributed by atoms with Gasteiger partial charge in [0.2, 0.25) is 0 Å². The first-order chi connectivity index (χ1) is 9.90. The number of nitrogens with one attached hydrogen (secondary N) is 1. The van der Waals surface area contributed by atoms with E-state index in [9.17, 15) is 8.78 Å². The second-order valence-corrected chi connectivity index (χ2v) is 6.92. The first-order valence-corrected chi connectivity index (χ1v) is 7.61. The number of benzene rings is 1. The number of anilines is 1. The van der Waals surface area contributed by atoms with Crippen LogP contribution in [0.1, 0.15) is 44.3 Å². The standard InChI is InChI=1S/C14H13BrF2N4/c1-14(2)13-20-19-12(6-3-4-6)21(13)11-8(18-14)5-7(16)9(15)10(11)17/h5-6,18H,3-4H2,1-2H3. The molecule has 1 saturated carbocycles. The molecule has 4 rings (SSSR count). The highest BCUT2D eigenvalue weighted by molar-refractivity contribution is 9.10. The Morgan fingerprint density at radius 3 is 2.71 bits per heavy atom. The normalized spacial score (nSPS) is 18.9. The minimum atomic E-state index is -0.629. The van der Waals surface area contributed by atoms with E-state index < -0.39 is 17.2 Å². The lowest BCUT2D eigenvalue weighted by Crippen LogP contribution is -2.36.